The van der Waals surface area contributed by atoms with Crippen LogP contribution in [0, 0.1) is 0 Å². The van der Waals surface area contributed by atoms with Gasteiger partial charge in [-0.05, 0) is 56.5 Å². The van der Waals surface area contributed by atoms with Gasteiger partial charge in [0.15, 0.2) is 6.61 Å². The van der Waals surface area contributed by atoms with Gasteiger partial charge in [0, 0.05) is 25.2 Å². The molecule has 1 fully saturated rings. The molecule has 0 bridgehead atoms. The van der Waals surface area contributed by atoms with Crippen LogP contribution >= 0.6 is 0 Å². The number of carbonyl (C=O) groups excluding carboxylic acids is 1. The first kappa shape index (κ1) is 21.5. The summed E-state index contributed by atoms with van der Waals surface area (Å²) in [5, 5.41) is 7.93. The normalized spacial score (nSPS) is 20.4. The van der Waals surface area contributed by atoms with E-state index in [2.05, 4.69) is 10.3 Å². The highest BCUT2D eigenvalue weighted by Crippen LogP contribution is 2.23. The van der Waals surface area contributed by atoms with Crippen molar-refractivity contribution in [1.29, 1.82) is 0 Å². The third kappa shape index (κ3) is 4.23. The Balaban J connectivity index is 1.81. The third-order valence-corrected chi connectivity index (χ3v) is 7.57. The molecule has 2 aromatic rings. The molecule has 3 rings (SSSR count). The minimum atomic E-state index is -3.62. The van der Waals surface area contributed by atoms with Crippen molar-refractivity contribution in [2.45, 2.75) is 63.9 Å². The molecule has 29 heavy (non-hydrogen) atoms. The quantitative estimate of drug-likeness (QED) is 0.672. The molecule has 1 saturated heterocycles. The number of aromatic nitrogens is 3. The Morgan fingerprint density at radius 1 is 1.21 bits per heavy atom. The summed E-state index contributed by atoms with van der Waals surface area (Å²) >= 11 is 0. The van der Waals surface area contributed by atoms with E-state index in [0.29, 0.717) is 24.1 Å². The molecule has 2 heterocycles. The number of nitrogens with zero attached hydrogens (tertiary/aromatic N) is 5. The van der Waals surface area contributed by atoms with Crippen LogP contribution < -0.4 is 4.84 Å². The highest BCUT2D eigenvalue weighted by Gasteiger charge is 2.29. The van der Waals surface area contributed by atoms with Crippen LogP contribution in [0.1, 0.15) is 47.0 Å². The second-order valence-corrected chi connectivity index (χ2v) is 9.34. The Bertz CT molecular complexity index is 960. The topological polar surface area (TPSA) is 97.6 Å². The van der Waals surface area contributed by atoms with Gasteiger partial charge in [-0.2, -0.15) is 4.31 Å². The zero-order chi connectivity index (χ0) is 21.2. The van der Waals surface area contributed by atoms with Crippen LogP contribution in [0.25, 0.3) is 11.0 Å². The van der Waals surface area contributed by atoms with E-state index in [0.717, 1.165) is 24.1 Å². The lowest BCUT2D eigenvalue weighted by Crippen LogP contribution is -2.49. The van der Waals surface area contributed by atoms with Gasteiger partial charge in [0.25, 0.3) is 5.91 Å². The van der Waals surface area contributed by atoms with Gasteiger partial charge in [-0.25, -0.2) is 8.42 Å². The van der Waals surface area contributed by atoms with Crippen LogP contribution in [0.5, 0.6) is 0 Å². The second-order valence-electron chi connectivity index (χ2n) is 7.41. The summed E-state index contributed by atoms with van der Waals surface area (Å²) in [6.07, 6.45) is 3.08. The fourth-order valence-electron chi connectivity index (χ4n) is 3.95. The zero-order valence-electron chi connectivity index (χ0n) is 17.4. The molecule has 1 aromatic heterocycles. The van der Waals surface area contributed by atoms with Crippen LogP contribution in [-0.4, -0.2) is 70.5 Å². The van der Waals surface area contributed by atoms with E-state index in [-0.39, 0.29) is 29.5 Å². The molecule has 0 N–H and O–H groups in total. The highest BCUT2D eigenvalue weighted by molar-refractivity contribution is 7.89. The molecule has 1 amide bonds. The number of rotatable bonds is 7. The van der Waals surface area contributed by atoms with E-state index >= 15 is 0 Å². The van der Waals surface area contributed by atoms with Gasteiger partial charge in [-0.3, -0.25) is 4.79 Å². The molecule has 1 aliphatic rings. The van der Waals surface area contributed by atoms with Crippen LogP contribution in [-0.2, 0) is 14.8 Å². The number of likely N-dealkylation sites (tertiary alicyclic amines) is 1. The van der Waals surface area contributed by atoms with E-state index in [4.69, 9.17) is 4.84 Å². The summed E-state index contributed by atoms with van der Waals surface area (Å²) in [5.41, 5.74) is 0.904. The highest BCUT2D eigenvalue weighted by atomic mass is 32.2. The number of benzene rings is 1. The molecule has 2 unspecified atom stereocenters. The number of hydrogen-bond acceptors (Lipinski definition) is 6. The molecule has 0 aliphatic carbocycles. The second kappa shape index (κ2) is 8.66. The van der Waals surface area contributed by atoms with Gasteiger partial charge in [-0.1, -0.05) is 18.7 Å². The maximum Gasteiger partial charge on any atom is 0.263 e. The molecule has 0 spiro atoms. The van der Waals surface area contributed by atoms with E-state index in [1.807, 2.05) is 18.7 Å². The van der Waals surface area contributed by atoms with Gasteiger partial charge in [0.1, 0.15) is 11.0 Å². The van der Waals surface area contributed by atoms with Gasteiger partial charge < -0.3 is 9.74 Å². The lowest BCUT2D eigenvalue weighted by molar-refractivity contribution is -0.142. The first-order valence-corrected chi connectivity index (χ1v) is 11.5. The third-order valence-electron chi connectivity index (χ3n) is 5.52. The minimum Gasteiger partial charge on any atom is -0.385 e. The number of piperidine rings is 1. The lowest BCUT2D eigenvalue weighted by atomic mass is 9.97. The Morgan fingerprint density at radius 3 is 2.48 bits per heavy atom. The Hall–Kier alpha value is -2.20. The van der Waals surface area contributed by atoms with E-state index in [1.165, 1.54) is 16.4 Å². The maximum atomic E-state index is 12.8. The predicted molar refractivity (Wildman–Crippen MR) is 109 cm³/mol. The Morgan fingerprint density at radius 2 is 1.86 bits per heavy atom. The van der Waals surface area contributed by atoms with Crippen molar-refractivity contribution < 1.29 is 18.0 Å². The zero-order valence-corrected chi connectivity index (χ0v) is 18.2. The number of sulfonamides is 1. The average Bonchev–Trinajstić information content (AvgIpc) is 3.09. The summed E-state index contributed by atoms with van der Waals surface area (Å²) < 4.78 is 27.0. The molecule has 1 aromatic carbocycles. The SMILES string of the molecule is CCN(CC)S(=O)(=O)c1ccc2nnn(OCC(=O)N3C(C)CCCC3C)c2c1. The standard InChI is InChI=1S/C19H29N5O4S/c1-5-22(6-2)29(26,27)16-10-11-17-18(12-16)24(21-20-17)28-13-19(25)23-14(3)8-7-9-15(23)4/h10-12,14-15H,5-9,13H2,1-4H3. The fraction of sp³-hybridized carbons (Fsp3) is 0.632. The van der Waals surface area contributed by atoms with Crippen LogP contribution in [0.3, 0.4) is 0 Å². The van der Waals surface area contributed by atoms with Crippen molar-refractivity contribution in [2.75, 3.05) is 19.7 Å². The molecule has 0 radical (unpaired) electrons. The first-order chi connectivity index (χ1) is 13.8. The maximum absolute atomic E-state index is 12.8. The van der Waals surface area contributed by atoms with Crippen LogP contribution in [0.4, 0.5) is 0 Å². The molecule has 160 valence electrons. The number of amides is 1. The number of carbonyl (C=O) groups is 1. The van der Waals surface area contributed by atoms with E-state index in [9.17, 15) is 13.2 Å². The minimum absolute atomic E-state index is 0.111. The average molecular weight is 424 g/mol. The first-order valence-electron chi connectivity index (χ1n) is 10.1. The largest absolute Gasteiger partial charge is 0.385 e. The van der Waals surface area contributed by atoms with Crippen molar-refractivity contribution in [3.63, 3.8) is 0 Å². The summed E-state index contributed by atoms with van der Waals surface area (Å²) in [4.78, 5) is 21.4. The van der Waals surface area contributed by atoms with Crippen molar-refractivity contribution in [3.05, 3.63) is 18.2 Å². The van der Waals surface area contributed by atoms with Crippen LogP contribution in [0.15, 0.2) is 23.1 Å². The van der Waals surface area contributed by atoms with Gasteiger partial charge in [0.05, 0.1) is 4.90 Å². The van der Waals surface area contributed by atoms with Gasteiger partial charge in [0.2, 0.25) is 10.0 Å². The summed E-state index contributed by atoms with van der Waals surface area (Å²) in [5.74, 6) is -0.111. The van der Waals surface area contributed by atoms with E-state index in [1.54, 1.807) is 19.9 Å². The summed E-state index contributed by atoms with van der Waals surface area (Å²) in [7, 11) is -3.62. The number of fused-ring (bicyclic) bond motifs is 1. The molecular weight excluding hydrogens is 394 g/mol. The molecular formula is C19H29N5O4S. The predicted octanol–water partition coefficient (Wildman–Crippen LogP) is 1.68. The van der Waals surface area contributed by atoms with Crippen molar-refractivity contribution in [2.24, 2.45) is 0 Å². The van der Waals surface area contributed by atoms with E-state index < -0.39 is 10.0 Å². The molecule has 2 atom stereocenters. The number of hydrogen-bond donors (Lipinski definition) is 0. The van der Waals surface area contributed by atoms with Crippen molar-refractivity contribution in [1.82, 2.24) is 24.4 Å². The molecule has 10 heteroatoms. The molecule has 0 saturated carbocycles. The Labute approximate surface area is 171 Å². The fourth-order valence-corrected chi connectivity index (χ4v) is 5.43. The monoisotopic (exact) mass is 423 g/mol. The molecule has 1 aliphatic heterocycles. The summed E-state index contributed by atoms with van der Waals surface area (Å²) in [6.45, 7) is 8.26. The lowest BCUT2D eigenvalue weighted by Gasteiger charge is -2.38. The van der Waals surface area contributed by atoms with Crippen LogP contribution in [0.2, 0.25) is 0 Å². The van der Waals surface area contributed by atoms with Crippen molar-refractivity contribution in [3.8, 4) is 0 Å². The van der Waals surface area contributed by atoms with Gasteiger partial charge in [-0.15, -0.1) is 5.10 Å². The summed E-state index contributed by atoms with van der Waals surface area (Å²) in [6, 6.07) is 4.94. The smallest absolute Gasteiger partial charge is 0.263 e. The molecule has 9 nitrogen and oxygen atoms in total. The van der Waals surface area contributed by atoms with Gasteiger partial charge >= 0.3 is 0 Å². The Kier molecular flexibility index (Phi) is 6.42. The van der Waals surface area contributed by atoms with Crippen molar-refractivity contribution >= 4 is 27.0 Å².